The molecule has 3 saturated heterocycles. The number of aromatic nitrogens is 1. The first-order valence-electron chi connectivity index (χ1n) is 13.8. The van der Waals surface area contributed by atoms with Gasteiger partial charge in [0.05, 0.1) is 5.92 Å². The SMILES string of the molecule is Cc1cccc(CNC(=O)N2CCC(N3CCCC(C(=O)N4CCN(c5ccccn5)CC4)C3)CC2)c1. The van der Waals surface area contributed by atoms with Gasteiger partial charge in [-0.2, -0.15) is 0 Å². The number of urea groups is 1. The Kier molecular flexibility index (Phi) is 8.24. The average Bonchev–Trinajstić information content (AvgIpc) is 2.96. The molecule has 8 nitrogen and oxygen atoms in total. The van der Waals surface area contributed by atoms with Gasteiger partial charge in [-0.15, -0.1) is 0 Å². The van der Waals surface area contributed by atoms with Crippen molar-refractivity contribution in [2.75, 3.05) is 57.3 Å². The molecule has 0 radical (unpaired) electrons. The number of pyridine rings is 1. The summed E-state index contributed by atoms with van der Waals surface area (Å²) in [6, 6.07) is 14.7. The zero-order chi connectivity index (χ0) is 25.6. The van der Waals surface area contributed by atoms with Crippen LogP contribution in [0, 0.1) is 12.8 Å². The monoisotopic (exact) mass is 504 g/mol. The van der Waals surface area contributed by atoms with Crippen LogP contribution in [0.4, 0.5) is 10.6 Å². The van der Waals surface area contributed by atoms with Gasteiger partial charge in [0.25, 0.3) is 0 Å². The van der Waals surface area contributed by atoms with Crippen LogP contribution in [0.25, 0.3) is 0 Å². The Hall–Kier alpha value is -3.13. The number of hydrogen-bond donors (Lipinski definition) is 1. The highest BCUT2D eigenvalue weighted by Gasteiger charge is 2.35. The van der Waals surface area contributed by atoms with Crippen LogP contribution in [0.2, 0.25) is 0 Å². The number of hydrogen-bond acceptors (Lipinski definition) is 5. The molecule has 3 amide bonds. The molecule has 0 bridgehead atoms. The van der Waals surface area contributed by atoms with Crippen LogP contribution >= 0.6 is 0 Å². The molecule has 1 aromatic heterocycles. The Morgan fingerprint density at radius 2 is 1.73 bits per heavy atom. The van der Waals surface area contributed by atoms with Crippen LogP contribution in [-0.4, -0.2) is 90.0 Å². The summed E-state index contributed by atoms with van der Waals surface area (Å²) in [5, 5.41) is 3.08. The lowest BCUT2D eigenvalue weighted by atomic mass is 9.92. The molecule has 198 valence electrons. The van der Waals surface area contributed by atoms with Gasteiger partial charge in [-0.1, -0.05) is 35.9 Å². The van der Waals surface area contributed by atoms with E-state index in [1.165, 1.54) is 5.56 Å². The van der Waals surface area contributed by atoms with E-state index in [9.17, 15) is 9.59 Å². The lowest BCUT2D eigenvalue weighted by molar-refractivity contribution is -0.138. The molecular weight excluding hydrogens is 464 g/mol. The van der Waals surface area contributed by atoms with Crippen molar-refractivity contribution >= 4 is 17.8 Å². The molecule has 3 aliphatic heterocycles. The second kappa shape index (κ2) is 11.9. The minimum Gasteiger partial charge on any atom is -0.353 e. The first kappa shape index (κ1) is 25.5. The number of amides is 3. The summed E-state index contributed by atoms with van der Waals surface area (Å²) in [6.45, 7) is 9.29. The molecule has 1 aromatic carbocycles. The predicted octanol–water partition coefficient (Wildman–Crippen LogP) is 3.12. The highest BCUT2D eigenvalue weighted by atomic mass is 16.2. The lowest BCUT2D eigenvalue weighted by Crippen LogP contribution is -2.55. The standard InChI is InChI=1S/C29H40N6O2/c1-23-6-4-7-24(20-23)21-31-29(37)34-14-10-26(11-15-34)35-13-5-8-25(22-35)28(36)33-18-16-32(17-19-33)27-9-2-3-12-30-27/h2-4,6-7,9,12,20,25-26H,5,8,10-11,13-19,21-22H2,1H3,(H,31,37). The second-order valence-electron chi connectivity index (χ2n) is 10.7. The molecule has 1 atom stereocenters. The van der Waals surface area contributed by atoms with Crippen molar-refractivity contribution in [2.24, 2.45) is 5.92 Å². The largest absolute Gasteiger partial charge is 0.353 e. The molecule has 5 rings (SSSR count). The number of anilines is 1. The fraction of sp³-hybridized carbons (Fsp3) is 0.552. The van der Waals surface area contributed by atoms with Crippen molar-refractivity contribution in [2.45, 2.75) is 45.2 Å². The number of carbonyl (C=O) groups excluding carboxylic acids is 2. The van der Waals surface area contributed by atoms with Crippen molar-refractivity contribution in [3.8, 4) is 0 Å². The molecule has 3 aliphatic rings. The van der Waals surface area contributed by atoms with E-state index in [4.69, 9.17) is 0 Å². The third-order valence-corrected chi connectivity index (χ3v) is 8.16. The highest BCUT2D eigenvalue weighted by Crippen LogP contribution is 2.26. The summed E-state index contributed by atoms with van der Waals surface area (Å²) in [6.07, 6.45) is 5.83. The fourth-order valence-corrected chi connectivity index (χ4v) is 6.04. The Morgan fingerprint density at radius 3 is 2.46 bits per heavy atom. The van der Waals surface area contributed by atoms with Gasteiger partial charge in [0, 0.05) is 64.6 Å². The Labute approximate surface area is 220 Å². The van der Waals surface area contributed by atoms with E-state index in [-0.39, 0.29) is 11.9 Å². The number of benzene rings is 1. The summed E-state index contributed by atoms with van der Waals surface area (Å²) in [5.74, 6) is 1.40. The zero-order valence-corrected chi connectivity index (χ0v) is 22.0. The normalized spacial score (nSPS) is 21.6. The van der Waals surface area contributed by atoms with Crippen LogP contribution in [0.3, 0.4) is 0 Å². The number of carbonyl (C=O) groups is 2. The Balaban J connectivity index is 1.06. The molecule has 0 aliphatic carbocycles. The zero-order valence-electron chi connectivity index (χ0n) is 22.0. The highest BCUT2D eigenvalue weighted by molar-refractivity contribution is 5.79. The third kappa shape index (κ3) is 6.42. The minimum absolute atomic E-state index is 0.0245. The van der Waals surface area contributed by atoms with Crippen molar-refractivity contribution in [1.29, 1.82) is 0 Å². The molecule has 1 unspecified atom stereocenters. The molecular formula is C29H40N6O2. The summed E-state index contributed by atoms with van der Waals surface area (Å²) in [4.78, 5) is 39.3. The molecule has 37 heavy (non-hydrogen) atoms. The van der Waals surface area contributed by atoms with Gasteiger partial charge in [0.15, 0.2) is 0 Å². The number of nitrogens with one attached hydrogen (secondary N) is 1. The van der Waals surface area contributed by atoms with Crippen LogP contribution in [-0.2, 0) is 11.3 Å². The van der Waals surface area contributed by atoms with Gasteiger partial charge < -0.3 is 20.0 Å². The maximum atomic E-state index is 13.4. The van der Waals surface area contributed by atoms with Gasteiger partial charge in [-0.25, -0.2) is 9.78 Å². The molecule has 1 N–H and O–H groups in total. The number of piperidine rings is 2. The van der Waals surface area contributed by atoms with Crippen LogP contribution in [0.5, 0.6) is 0 Å². The first-order chi connectivity index (χ1) is 18.1. The Morgan fingerprint density at radius 1 is 0.919 bits per heavy atom. The molecule has 2 aromatic rings. The van der Waals surface area contributed by atoms with Gasteiger partial charge in [-0.05, 0) is 56.8 Å². The van der Waals surface area contributed by atoms with Crippen molar-refractivity contribution in [3.05, 3.63) is 59.8 Å². The van der Waals surface area contributed by atoms with Crippen LogP contribution in [0.1, 0.15) is 36.8 Å². The van der Waals surface area contributed by atoms with Gasteiger partial charge in [0.1, 0.15) is 5.82 Å². The van der Waals surface area contributed by atoms with Crippen molar-refractivity contribution in [1.82, 2.24) is 25.0 Å². The van der Waals surface area contributed by atoms with Gasteiger partial charge >= 0.3 is 6.03 Å². The summed E-state index contributed by atoms with van der Waals surface area (Å²) in [7, 11) is 0. The number of piperazine rings is 1. The Bertz CT molecular complexity index is 1050. The van der Waals surface area contributed by atoms with Crippen LogP contribution in [0.15, 0.2) is 48.7 Å². The first-order valence-corrected chi connectivity index (χ1v) is 13.8. The molecule has 0 saturated carbocycles. The molecule has 4 heterocycles. The van der Waals surface area contributed by atoms with E-state index in [0.717, 1.165) is 89.4 Å². The van der Waals surface area contributed by atoms with Gasteiger partial charge in [-0.3, -0.25) is 9.69 Å². The van der Waals surface area contributed by atoms with Crippen molar-refractivity contribution in [3.63, 3.8) is 0 Å². The van der Waals surface area contributed by atoms with E-state index in [2.05, 4.69) is 44.1 Å². The minimum atomic E-state index is 0.0245. The smallest absolute Gasteiger partial charge is 0.317 e. The third-order valence-electron chi connectivity index (χ3n) is 8.16. The second-order valence-corrected chi connectivity index (χ2v) is 10.7. The van der Waals surface area contributed by atoms with E-state index in [1.54, 1.807) is 0 Å². The van der Waals surface area contributed by atoms with E-state index in [1.807, 2.05) is 41.4 Å². The quantitative estimate of drug-likeness (QED) is 0.678. The van der Waals surface area contributed by atoms with Gasteiger partial charge in [0.2, 0.25) is 5.91 Å². The number of likely N-dealkylation sites (tertiary alicyclic amines) is 2. The maximum Gasteiger partial charge on any atom is 0.317 e. The van der Waals surface area contributed by atoms with E-state index < -0.39 is 0 Å². The fourth-order valence-electron chi connectivity index (χ4n) is 6.04. The average molecular weight is 505 g/mol. The summed E-state index contributed by atoms with van der Waals surface area (Å²) < 4.78 is 0. The van der Waals surface area contributed by atoms with E-state index in [0.29, 0.717) is 18.5 Å². The van der Waals surface area contributed by atoms with E-state index >= 15 is 0 Å². The topological polar surface area (TPSA) is 72.0 Å². The maximum absolute atomic E-state index is 13.4. The molecule has 8 heteroatoms. The summed E-state index contributed by atoms with van der Waals surface area (Å²) in [5.41, 5.74) is 2.34. The molecule has 0 spiro atoms. The lowest BCUT2D eigenvalue weighted by Gasteiger charge is -2.43. The molecule has 3 fully saturated rings. The van der Waals surface area contributed by atoms with Crippen LogP contribution < -0.4 is 10.2 Å². The number of rotatable bonds is 5. The number of aryl methyl sites for hydroxylation is 1. The predicted molar refractivity (Wildman–Crippen MR) is 145 cm³/mol. The van der Waals surface area contributed by atoms with Crippen molar-refractivity contribution < 1.29 is 9.59 Å². The number of nitrogens with zero attached hydrogens (tertiary/aromatic N) is 5. The summed E-state index contributed by atoms with van der Waals surface area (Å²) >= 11 is 0.